The van der Waals surface area contributed by atoms with Crippen molar-refractivity contribution in [3.05, 3.63) is 64.9 Å². The van der Waals surface area contributed by atoms with Gasteiger partial charge < -0.3 is 15.4 Å². The molecule has 32 heavy (non-hydrogen) atoms. The minimum Gasteiger partial charge on any atom is -0.444 e. The van der Waals surface area contributed by atoms with Crippen molar-refractivity contribution >= 4 is 28.5 Å². The molecule has 0 saturated carbocycles. The SMILES string of the molecule is CC(C)(C)OC(=O)N[C@@H](Cc1ccccc1)c1csc(Nc2ncc(C(F)(F)F)cn2)n1. The van der Waals surface area contributed by atoms with Gasteiger partial charge >= 0.3 is 12.3 Å². The maximum absolute atomic E-state index is 12.7. The highest BCUT2D eigenvalue weighted by molar-refractivity contribution is 7.13. The summed E-state index contributed by atoms with van der Waals surface area (Å²) in [6, 6.07) is 9.09. The lowest BCUT2D eigenvalue weighted by atomic mass is 10.0. The van der Waals surface area contributed by atoms with Gasteiger partial charge in [0, 0.05) is 17.8 Å². The number of alkyl carbamates (subject to hydrolysis) is 1. The molecule has 170 valence electrons. The van der Waals surface area contributed by atoms with Crippen LogP contribution in [0.5, 0.6) is 0 Å². The van der Waals surface area contributed by atoms with Crippen LogP contribution in [0.2, 0.25) is 0 Å². The number of hydrogen-bond donors (Lipinski definition) is 2. The molecule has 7 nitrogen and oxygen atoms in total. The summed E-state index contributed by atoms with van der Waals surface area (Å²) in [6.45, 7) is 5.31. The van der Waals surface area contributed by atoms with E-state index in [-0.39, 0.29) is 5.95 Å². The van der Waals surface area contributed by atoms with Crippen LogP contribution in [0.25, 0.3) is 0 Å². The number of carbonyl (C=O) groups is 1. The van der Waals surface area contributed by atoms with Crippen LogP contribution >= 0.6 is 11.3 Å². The highest BCUT2D eigenvalue weighted by Gasteiger charge is 2.31. The zero-order valence-electron chi connectivity index (χ0n) is 17.6. The molecule has 0 unspecified atom stereocenters. The number of nitrogens with one attached hydrogen (secondary N) is 2. The minimum atomic E-state index is -4.51. The van der Waals surface area contributed by atoms with Gasteiger partial charge in [-0.2, -0.15) is 13.2 Å². The predicted molar refractivity (Wildman–Crippen MR) is 115 cm³/mol. The average Bonchev–Trinajstić information content (AvgIpc) is 3.15. The van der Waals surface area contributed by atoms with E-state index < -0.39 is 29.5 Å². The van der Waals surface area contributed by atoms with E-state index in [4.69, 9.17) is 4.74 Å². The van der Waals surface area contributed by atoms with E-state index in [1.54, 1.807) is 26.2 Å². The molecule has 0 bridgehead atoms. The zero-order chi connectivity index (χ0) is 23.4. The Balaban J connectivity index is 1.76. The van der Waals surface area contributed by atoms with Crippen molar-refractivity contribution in [3.63, 3.8) is 0 Å². The number of anilines is 2. The van der Waals surface area contributed by atoms with Crippen molar-refractivity contribution in [2.75, 3.05) is 5.32 Å². The Labute approximate surface area is 187 Å². The standard InChI is InChI=1S/C21H22F3N5O2S/c1-20(2,3)31-19(30)28-15(9-13-7-5-4-6-8-13)16-12-32-18(27-16)29-17-25-10-14(11-26-17)21(22,23)24/h4-8,10-12,15H,9H2,1-3H3,(H,28,30)(H,25,26,27,29)/t15-/m0/s1. The predicted octanol–water partition coefficient (Wildman–Crippen LogP) is 5.50. The lowest BCUT2D eigenvalue weighted by Gasteiger charge is -2.23. The monoisotopic (exact) mass is 465 g/mol. The Morgan fingerprint density at radius 1 is 1.12 bits per heavy atom. The fourth-order valence-corrected chi connectivity index (χ4v) is 3.43. The third kappa shape index (κ3) is 6.91. The van der Waals surface area contributed by atoms with Crippen LogP contribution in [0.3, 0.4) is 0 Å². The number of carbonyl (C=O) groups excluding carboxylic acids is 1. The van der Waals surface area contributed by atoms with Crippen LogP contribution < -0.4 is 10.6 Å². The fraction of sp³-hybridized carbons (Fsp3) is 0.333. The second-order valence-electron chi connectivity index (χ2n) is 7.88. The summed E-state index contributed by atoms with van der Waals surface area (Å²) in [6.07, 6.45) is -3.21. The second kappa shape index (κ2) is 9.51. The van der Waals surface area contributed by atoms with Gasteiger partial charge in [-0.05, 0) is 32.8 Å². The zero-order valence-corrected chi connectivity index (χ0v) is 18.4. The molecule has 0 aliphatic rings. The first-order chi connectivity index (χ1) is 15.0. The summed E-state index contributed by atoms with van der Waals surface area (Å²) in [5, 5.41) is 7.75. The van der Waals surface area contributed by atoms with Crippen molar-refractivity contribution in [2.24, 2.45) is 0 Å². The number of amides is 1. The van der Waals surface area contributed by atoms with E-state index >= 15 is 0 Å². The van der Waals surface area contributed by atoms with Crippen molar-refractivity contribution in [2.45, 2.75) is 45.0 Å². The first kappa shape index (κ1) is 23.5. The number of alkyl halides is 3. The number of ether oxygens (including phenoxy) is 1. The summed E-state index contributed by atoms with van der Waals surface area (Å²) in [4.78, 5) is 24.2. The Hall–Kier alpha value is -3.21. The Morgan fingerprint density at radius 2 is 1.78 bits per heavy atom. The van der Waals surface area contributed by atoms with Gasteiger partial charge in [-0.1, -0.05) is 30.3 Å². The number of nitrogens with zero attached hydrogens (tertiary/aromatic N) is 3. The second-order valence-corrected chi connectivity index (χ2v) is 8.74. The third-order valence-corrected chi connectivity index (χ3v) is 4.83. The van der Waals surface area contributed by atoms with E-state index in [1.165, 1.54) is 11.3 Å². The lowest BCUT2D eigenvalue weighted by molar-refractivity contribution is -0.138. The molecule has 0 spiro atoms. The Bertz CT molecular complexity index is 1030. The van der Waals surface area contributed by atoms with Crippen molar-refractivity contribution in [3.8, 4) is 0 Å². The maximum Gasteiger partial charge on any atom is 0.419 e. The number of thiazole rings is 1. The molecule has 11 heteroatoms. The summed E-state index contributed by atoms with van der Waals surface area (Å²) < 4.78 is 43.4. The van der Waals surface area contributed by atoms with Gasteiger partial charge in [0.15, 0.2) is 5.13 Å². The fourth-order valence-electron chi connectivity index (χ4n) is 2.67. The number of aromatic nitrogens is 3. The molecule has 0 aliphatic carbocycles. The molecule has 0 aliphatic heterocycles. The molecule has 2 N–H and O–H groups in total. The van der Waals surface area contributed by atoms with Crippen molar-refractivity contribution < 1.29 is 22.7 Å². The van der Waals surface area contributed by atoms with E-state index in [0.29, 0.717) is 29.6 Å². The van der Waals surface area contributed by atoms with Gasteiger partial charge in [0.1, 0.15) is 5.60 Å². The largest absolute Gasteiger partial charge is 0.444 e. The molecule has 1 amide bonds. The normalized spacial score (nSPS) is 12.8. The van der Waals surface area contributed by atoms with Gasteiger partial charge in [-0.3, -0.25) is 0 Å². The van der Waals surface area contributed by atoms with Gasteiger partial charge in [0.2, 0.25) is 5.95 Å². The Morgan fingerprint density at radius 3 is 2.38 bits per heavy atom. The number of benzene rings is 1. The van der Waals surface area contributed by atoms with Crippen LogP contribution in [0.15, 0.2) is 48.1 Å². The van der Waals surface area contributed by atoms with E-state index in [1.807, 2.05) is 30.3 Å². The van der Waals surface area contributed by atoms with Crippen molar-refractivity contribution in [1.82, 2.24) is 20.3 Å². The van der Waals surface area contributed by atoms with Crippen LogP contribution in [-0.2, 0) is 17.3 Å². The van der Waals surface area contributed by atoms with Crippen LogP contribution in [0, 0.1) is 0 Å². The highest BCUT2D eigenvalue weighted by atomic mass is 32.1. The summed E-state index contributed by atoms with van der Waals surface area (Å²) in [5.74, 6) is -0.0152. The quantitative estimate of drug-likeness (QED) is 0.499. The van der Waals surface area contributed by atoms with Gasteiger partial charge in [-0.15, -0.1) is 11.3 Å². The molecule has 0 saturated heterocycles. The van der Waals surface area contributed by atoms with Crippen molar-refractivity contribution in [1.29, 1.82) is 0 Å². The maximum atomic E-state index is 12.7. The molecule has 3 aromatic rings. The molecule has 1 aromatic carbocycles. The number of halogens is 3. The van der Waals surface area contributed by atoms with E-state index in [9.17, 15) is 18.0 Å². The van der Waals surface area contributed by atoms with Gasteiger partial charge in [0.05, 0.1) is 17.3 Å². The highest BCUT2D eigenvalue weighted by Crippen LogP contribution is 2.29. The average molecular weight is 466 g/mol. The molecular weight excluding hydrogens is 443 g/mol. The van der Waals surface area contributed by atoms with Gasteiger partial charge in [0.25, 0.3) is 0 Å². The molecule has 0 fully saturated rings. The molecule has 0 radical (unpaired) electrons. The molecule has 1 atom stereocenters. The summed E-state index contributed by atoms with van der Waals surface area (Å²) >= 11 is 1.22. The summed E-state index contributed by atoms with van der Waals surface area (Å²) in [7, 11) is 0. The smallest absolute Gasteiger partial charge is 0.419 e. The van der Waals surface area contributed by atoms with E-state index in [2.05, 4.69) is 25.6 Å². The molecular formula is C21H22F3N5O2S. The van der Waals surface area contributed by atoms with Crippen LogP contribution in [0.1, 0.15) is 43.6 Å². The first-order valence-corrected chi connectivity index (χ1v) is 10.5. The topological polar surface area (TPSA) is 89.0 Å². The minimum absolute atomic E-state index is 0.0152. The summed E-state index contributed by atoms with van der Waals surface area (Å²) in [5.41, 5.74) is -0.0376. The third-order valence-electron chi connectivity index (χ3n) is 4.05. The number of rotatable bonds is 6. The van der Waals surface area contributed by atoms with Crippen LogP contribution in [0.4, 0.5) is 29.0 Å². The molecule has 2 heterocycles. The Kier molecular flexibility index (Phi) is 6.97. The number of hydrogen-bond acceptors (Lipinski definition) is 7. The van der Waals surface area contributed by atoms with Crippen LogP contribution in [-0.4, -0.2) is 26.6 Å². The first-order valence-electron chi connectivity index (χ1n) is 9.65. The molecule has 3 rings (SSSR count). The van der Waals surface area contributed by atoms with E-state index in [0.717, 1.165) is 5.56 Å². The molecule has 2 aromatic heterocycles. The lowest BCUT2D eigenvalue weighted by Crippen LogP contribution is -2.35. The van der Waals surface area contributed by atoms with Gasteiger partial charge in [-0.25, -0.2) is 19.7 Å².